The quantitative estimate of drug-likeness (QED) is 0.427. The number of hydrogen-bond acceptors (Lipinski definition) is 7. The first-order chi connectivity index (χ1) is 12.9. The SMILES string of the molecule is CC/C(=N/Nc1ccc(S(=O)(=O)N2CCCC2)cc1[N+](=O)[O-])c1cccs1. The Labute approximate surface area is 161 Å². The molecule has 1 aromatic carbocycles. The molecule has 8 nitrogen and oxygen atoms in total. The molecule has 27 heavy (non-hydrogen) atoms. The van der Waals surface area contributed by atoms with Gasteiger partial charge >= 0.3 is 0 Å². The van der Waals surface area contributed by atoms with Crippen LogP contribution in [0.25, 0.3) is 0 Å². The fourth-order valence-electron chi connectivity index (χ4n) is 2.87. The summed E-state index contributed by atoms with van der Waals surface area (Å²) < 4.78 is 26.7. The van der Waals surface area contributed by atoms with Gasteiger partial charge in [0.25, 0.3) is 5.69 Å². The maximum absolute atomic E-state index is 12.6. The summed E-state index contributed by atoms with van der Waals surface area (Å²) in [5.74, 6) is 0. The molecular weight excluding hydrogens is 388 g/mol. The van der Waals surface area contributed by atoms with Crippen LogP contribution in [-0.4, -0.2) is 36.4 Å². The minimum Gasteiger partial charge on any atom is -0.271 e. The first-order valence-corrected chi connectivity index (χ1v) is 10.9. The molecule has 0 bridgehead atoms. The van der Waals surface area contributed by atoms with Crippen LogP contribution in [0.3, 0.4) is 0 Å². The smallest absolute Gasteiger partial charge is 0.271 e. The van der Waals surface area contributed by atoms with E-state index in [2.05, 4.69) is 10.5 Å². The highest BCUT2D eigenvalue weighted by Gasteiger charge is 2.29. The lowest BCUT2D eigenvalue weighted by atomic mass is 10.2. The Hall–Kier alpha value is -2.30. The summed E-state index contributed by atoms with van der Waals surface area (Å²) in [6.07, 6.45) is 2.26. The van der Waals surface area contributed by atoms with Crippen molar-refractivity contribution in [1.29, 1.82) is 0 Å². The third-order valence-electron chi connectivity index (χ3n) is 4.32. The number of nitrogens with zero attached hydrogens (tertiary/aromatic N) is 3. The normalized spacial score (nSPS) is 15.8. The number of hydrogen-bond donors (Lipinski definition) is 1. The van der Waals surface area contributed by atoms with Crippen LogP contribution in [0.1, 0.15) is 31.1 Å². The lowest BCUT2D eigenvalue weighted by molar-refractivity contribution is -0.384. The molecule has 1 aromatic heterocycles. The van der Waals surface area contributed by atoms with Crippen LogP contribution in [-0.2, 0) is 10.0 Å². The largest absolute Gasteiger partial charge is 0.295 e. The summed E-state index contributed by atoms with van der Waals surface area (Å²) in [7, 11) is -3.72. The molecule has 1 aliphatic heterocycles. The number of nitro groups is 1. The maximum atomic E-state index is 12.6. The molecule has 2 aromatic rings. The van der Waals surface area contributed by atoms with Crippen molar-refractivity contribution in [1.82, 2.24) is 4.31 Å². The van der Waals surface area contributed by atoms with Gasteiger partial charge < -0.3 is 0 Å². The lowest BCUT2D eigenvalue weighted by Gasteiger charge is -2.15. The van der Waals surface area contributed by atoms with Crippen molar-refractivity contribution >= 4 is 38.4 Å². The Kier molecular flexibility index (Phi) is 5.88. The Morgan fingerprint density at radius 2 is 2.07 bits per heavy atom. The van der Waals surface area contributed by atoms with E-state index < -0.39 is 14.9 Å². The number of hydrazone groups is 1. The number of nitrogens with one attached hydrogen (secondary N) is 1. The van der Waals surface area contributed by atoms with Gasteiger partial charge in [0.15, 0.2) is 0 Å². The van der Waals surface area contributed by atoms with E-state index in [1.54, 1.807) is 0 Å². The number of thiophene rings is 1. The van der Waals surface area contributed by atoms with Gasteiger partial charge in [0.2, 0.25) is 10.0 Å². The number of benzene rings is 1. The van der Waals surface area contributed by atoms with E-state index in [1.807, 2.05) is 24.4 Å². The molecule has 0 spiro atoms. The number of sulfonamides is 1. The Morgan fingerprint density at radius 3 is 2.67 bits per heavy atom. The van der Waals surface area contributed by atoms with Gasteiger partial charge in [-0.05, 0) is 42.8 Å². The molecule has 10 heteroatoms. The van der Waals surface area contributed by atoms with Crippen molar-refractivity contribution in [2.75, 3.05) is 18.5 Å². The number of nitro benzene ring substituents is 1. The van der Waals surface area contributed by atoms with Gasteiger partial charge in [0.05, 0.1) is 20.4 Å². The molecule has 3 rings (SSSR count). The van der Waals surface area contributed by atoms with Crippen LogP contribution in [0.4, 0.5) is 11.4 Å². The fourth-order valence-corrected chi connectivity index (χ4v) is 5.20. The predicted octanol–water partition coefficient (Wildman–Crippen LogP) is 3.67. The molecule has 0 unspecified atom stereocenters. The van der Waals surface area contributed by atoms with Crippen molar-refractivity contribution in [3.8, 4) is 0 Å². The van der Waals surface area contributed by atoms with Crippen molar-refractivity contribution in [2.24, 2.45) is 5.10 Å². The van der Waals surface area contributed by atoms with Crippen LogP contribution >= 0.6 is 11.3 Å². The van der Waals surface area contributed by atoms with E-state index >= 15 is 0 Å². The minimum absolute atomic E-state index is 0.0698. The van der Waals surface area contributed by atoms with E-state index in [0.29, 0.717) is 19.5 Å². The zero-order valence-electron chi connectivity index (χ0n) is 14.8. The summed E-state index contributed by atoms with van der Waals surface area (Å²) in [5.41, 5.74) is 3.33. The second kappa shape index (κ2) is 8.15. The zero-order valence-corrected chi connectivity index (χ0v) is 16.4. The Balaban J connectivity index is 1.91. The summed E-state index contributed by atoms with van der Waals surface area (Å²) in [6.45, 7) is 2.84. The summed E-state index contributed by atoms with van der Waals surface area (Å²) in [6, 6.07) is 7.71. The van der Waals surface area contributed by atoms with Gasteiger partial charge in [0, 0.05) is 19.2 Å². The van der Waals surface area contributed by atoms with Crippen molar-refractivity contribution in [3.05, 3.63) is 50.7 Å². The van der Waals surface area contributed by atoms with Crippen LogP contribution in [0, 0.1) is 10.1 Å². The van der Waals surface area contributed by atoms with Crippen molar-refractivity contribution in [3.63, 3.8) is 0 Å². The van der Waals surface area contributed by atoms with Crippen LogP contribution < -0.4 is 5.43 Å². The summed E-state index contributed by atoms with van der Waals surface area (Å²) in [5, 5.41) is 17.7. The number of rotatable bonds is 7. The third kappa shape index (κ3) is 4.18. The summed E-state index contributed by atoms with van der Waals surface area (Å²) in [4.78, 5) is 11.8. The second-order valence-electron chi connectivity index (χ2n) is 6.05. The molecule has 0 aliphatic carbocycles. The molecule has 0 atom stereocenters. The third-order valence-corrected chi connectivity index (χ3v) is 7.13. The first kappa shape index (κ1) is 19.5. The van der Waals surface area contributed by atoms with E-state index in [1.165, 1.54) is 27.8 Å². The van der Waals surface area contributed by atoms with Crippen LogP contribution in [0.5, 0.6) is 0 Å². The van der Waals surface area contributed by atoms with E-state index in [-0.39, 0.29) is 16.3 Å². The van der Waals surface area contributed by atoms with E-state index in [4.69, 9.17) is 0 Å². The van der Waals surface area contributed by atoms with Gasteiger partial charge in [-0.15, -0.1) is 11.3 Å². The molecule has 0 saturated carbocycles. The van der Waals surface area contributed by atoms with Gasteiger partial charge in [0.1, 0.15) is 5.69 Å². The highest BCUT2D eigenvalue weighted by molar-refractivity contribution is 7.89. The highest BCUT2D eigenvalue weighted by Crippen LogP contribution is 2.30. The van der Waals surface area contributed by atoms with E-state index in [9.17, 15) is 18.5 Å². The average molecular weight is 409 g/mol. The van der Waals surface area contributed by atoms with Gasteiger partial charge in [-0.3, -0.25) is 15.5 Å². The topological polar surface area (TPSA) is 105 Å². The molecule has 1 aliphatic rings. The minimum atomic E-state index is -3.72. The molecule has 144 valence electrons. The maximum Gasteiger partial charge on any atom is 0.295 e. The van der Waals surface area contributed by atoms with Gasteiger partial charge in [-0.2, -0.15) is 9.41 Å². The number of anilines is 1. The van der Waals surface area contributed by atoms with Gasteiger partial charge in [-0.25, -0.2) is 8.42 Å². The standard InChI is InChI=1S/C17H20N4O4S2/c1-2-14(17-6-5-11-26-17)18-19-15-8-7-13(12-16(15)21(22)23)27(24,25)20-9-3-4-10-20/h5-8,11-12,19H,2-4,9-10H2,1H3/b18-14-. The zero-order chi connectivity index (χ0) is 19.4. The molecule has 1 saturated heterocycles. The molecule has 0 radical (unpaired) electrons. The molecular formula is C17H20N4O4S2. The lowest BCUT2D eigenvalue weighted by Crippen LogP contribution is -2.27. The van der Waals surface area contributed by atoms with E-state index in [0.717, 1.165) is 29.5 Å². The molecule has 0 amide bonds. The Bertz CT molecular complexity index is 949. The van der Waals surface area contributed by atoms with Crippen molar-refractivity contribution in [2.45, 2.75) is 31.1 Å². The predicted molar refractivity (Wildman–Crippen MR) is 106 cm³/mol. The molecule has 1 fully saturated rings. The monoisotopic (exact) mass is 408 g/mol. The summed E-state index contributed by atoms with van der Waals surface area (Å²) >= 11 is 1.53. The highest BCUT2D eigenvalue weighted by atomic mass is 32.2. The van der Waals surface area contributed by atoms with Crippen molar-refractivity contribution < 1.29 is 13.3 Å². The average Bonchev–Trinajstić information content (AvgIpc) is 3.36. The fraction of sp³-hybridized carbons (Fsp3) is 0.353. The van der Waals surface area contributed by atoms with Crippen LogP contribution in [0.15, 0.2) is 45.7 Å². The Morgan fingerprint density at radius 1 is 1.33 bits per heavy atom. The van der Waals surface area contributed by atoms with Crippen LogP contribution in [0.2, 0.25) is 0 Å². The molecule has 1 N–H and O–H groups in total. The molecule has 2 heterocycles. The van der Waals surface area contributed by atoms with Gasteiger partial charge in [-0.1, -0.05) is 13.0 Å². The second-order valence-corrected chi connectivity index (χ2v) is 8.93. The first-order valence-electron chi connectivity index (χ1n) is 8.58.